The number of rotatable bonds is 9. The van der Waals surface area contributed by atoms with Crippen molar-refractivity contribution in [1.29, 1.82) is 0 Å². The quantitative estimate of drug-likeness (QED) is 0.493. The van der Waals surface area contributed by atoms with Gasteiger partial charge in [-0.3, -0.25) is 9.69 Å². The topological polar surface area (TPSA) is 53.1 Å². The number of ether oxygens (including phenoxy) is 1. The average molecular weight is 466 g/mol. The maximum absolute atomic E-state index is 12.7. The van der Waals surface area contributed by atoms with Gasteiger partial charge in [-0.05, 0) is 51.3 Å². The number of carbonyl (C=O) groups is 2. The van der Waals surface area contributed by atoms with Crippen molar-refractivity contribution in [1.82, 2.24) is 14.7 Å². The van der Waals surface area contributed by atoms with Crippen LogP contribution < -0.4 is 0 Å². The fourth-order valence-electron chi connectivity index (χ4n) is 4.13. The van der Waals surface area contributed by atoms with Gasteiger partial charge in [0, 0.05) is 45.7 Å². The predicted molar refractivity (Wildman–Crippen MR) is 135 cm³/mol. The lowest BCUT2D eigenvalue weighted by molar-refractivity contribution is -0.133. The standard InChI is InChI=1S/C28H39N3O3/c1-28(2,3)34-27(33)31-20-18-30(19-21-31)26(32)16-10-11-17-29(22-24-12-6-4-7-13-24)23-25-14-8-5-9-15-25/h4-9,12-15H,10-11,16-23H2,1-3H3. The van der Waals surface area contributed by atoms with Gasteiger partial charge in [0.1, 0.15) is 5.60 Å². The zero-order valence-electron chi connectivity index (χ0n) is 20.9. The first-order valence-corrected chi connectivity index (χ1v) is 12.4. The van der Waals surface area contributed by atoms with Crippen LogP contribution in [0.25, 0.3) is 0 Å². The zero-order valence-corrected chi connectivity index (χ0v) is 20.9. The highest BCUT2D eigenvalue weighted by molar-refractivity contribution is 5.76. The molecule has 0 atom stereocenters. The van der Waals surface area contributed by atoms with Crippen LogP contribution in [-0.4, -0.2) is 65.0 Å². The minimum atomic E-state index is -0.501. The van der Waals surface area contributed by atoms with E-state index in [4.69, 9.17) is 4.74 Å². The third-order valence-corrected chi connectivity index (χ3v) is 5.90. The number of hydrogen-bond acceptors (Lipinski definition) is 4. The molecule has 1 heterocycles. The molecule has 0 radical (unpaired) electrons. The highest BCUT2D eigenvalue weighted by atomic mass is 16.6. The smallest absolute Gasteiger partial charge is 0.410 e. The molecule has 3 rings (SSSR count). The van der Waals surface area contributed by atoms with Gasteiger partial charge in [0.2, 0.25) is 5.91 Å². The molecule has 2 aromatic rings. The molecule has 2 amide bonds. The summed E-state index contributed by atoms with van der Waals surface area (Å²) in [5.41, 5.74) is 2.11. The summed E-state index contributed by atoms with van der Waals surface area (Å²) in [6, 6.07) is 21.1. The molecule has 0 N–H and O–H groups in total. The van der Waals surface area contributed by atoms with Crippen molar-refractivity contribution in [3.8, 4) is 0 Å². The number of carbonyl (C=O) groups excluding carboxylic acids is 2. The average Bonchev–Trinajstić information content (AvgIpc) is 2.82. The lowest BCUT2D eigenvalue weighted by Crippen LogP contribution is -2.51. The molecular weight excluding hydrogens is 426 g/mol. The largest absolute Gasteiger partial charge is 0.444 e. The molecule has 1 aliphatic rings. The monoisotopic (exact) mass is 465 g/mol. The summed E-state index contributed by atoms with van der Waals surface area (Å²) in [5.74, 6) is 0.182. The molecule has 0 bridgehead atoms. The minimum absolute atomic E-state index is 0.182. The van der Waals surface area contributed by atoms with E-state index in [-0.39, 0.29) is 12.0 Å². The maximum atomic E-state index is 12.7. The van der Waals surface area contributed by atoms with Gasteiger partial charge < -0.3 is 14.5 Å². The van der Waals surface area contributed by atoms with Gasteiger partial charge in [-0.1, -0.05) is 60.7 Å². The number of nitrogens with zero attached hydrogens (tertiary/aromatic N) is 3. The Balaban J connectivity index is 1.41. The normalized spacial score (nSPS) is 14.4. The summed E-state index contributed by atoms with van der Waals surface area (Å²) in [6.45, 7) is 10.6. The van der Waals surface area contributed by atoms with Crippen molar-refractivity contribution < 1.29 is 14.3 Å². The zero-order chi connectivity index (χ0) is 24.4. The second kappa shape index (κ2) is 12.6. The number of hydrogen-bond donors (Lipinski definition) is 0. The number of benzene rings is 2. The van der Waals surface area contributed by atoms with Gasteiger partial charge in [0.25, 0.3) is 0 Å². The van der Waals surface area contributed by atoms with E-state index in [2.05, 4.69) is 53.4 Å². The van der Waals surface area contributed by atoms with Gasteiger partial charge >= 0.3 is 6.09 Å². The Morgan fingerprint density at radius 2 is 1.29 bits per heavy atom. The van der Waals surface area contributed by atoms with E-state index in [1.165, 1.54) is 11.1 Å². The Labute approximate surface area is 204 Å². The molecule has 0 spiro atoms. The van der Waals surface area contributed by atoms with Crippen LogP contribution in [0.3, 0.4) is 0 Å². The summed E-state index contributed by atoms with van der Waals surface area (Å²) in [6.07, 6.45) is 2.10. The molecule has 34 heavy (non-hydrogen) atoms. The Bertz CT molecular complexity index is 847. The van der Waals surface area contributed by atoms with Crippen LogP contribution in [0.15, 0.2) is 60.7 Å². The van der Waals surface area contributed by atoms with E-state index >= 15 is 0 Å². The van der Waals surface area contributed by atoms with Gasteiger partial charge in [-0.15, -0.1) is 0 Å². The predicted octanol–water partition coefficient (Wildman–Crippen LogP) is 4.94. The molecule has 2 aromatic carbocycles. The van der Waals surface area contributed by atoms with Crippen molar-refractivity contribution in [2.45, 2.75) is 58.7 Å². The van der Waals surface area contributed by atoms with E-state index in [1.807, 2.05) is 37.8 Å². The highest BCUT2D eigenvalue weighted by Crippen LogP contribution is 2.14. The SMILES string of the molecule is CC(C)(C)OC(=O)N1CCN(C(=O)CCCCN(Cc2ccccc2)Cc2ccccc2)CC1. The van der Waals surface area contributed by atoms with Gasteiger partial charge in [-0.2, -0.15) is 0 Å². The van der Waals surface area contributed by atoms with Crippen molar-refractivity contribution >= 4 is 12.0 Å². The van der Waals surface area contributed by atoms with Crippen LogP contribution in [0, 0.1) is 0 Å². The second-order valence-corrected chi connectivity index (χ2v) is 9.99. The molecule has 1 saturated heterocycles. The molecule has 0 saturated carbocycles. The van der Waals surface area contributed by atoms with E-state index in [9.17, 15) is 9.59 Å². The van der Waals surface area contributed by atoms with Crippen LogP contribution in [0.1, 0.15) is 51.2 Å². The Hall–Kier alpha value is -2.86. The molecule has 1 fully saturated rings. The molecule has 1 aliphatic heterocycles. The first-order valence-electron chi connectivity index (χ1n) is 12.4. The van der Waals surface area contributed by atoms with Crippen molar-refractivity contribution in [3.63, 3.8) is 0 Å². The molecule has 6 nitrogen and oxygen atoms in total. The van der Waals surface area contributed by atoms with Crippen molar-refractivity contribution in [2.24, 2.45) is 0 Å². The van der Waals surface area contributed by atoms with E-state index in [0.717, 1.165) is 32.5 Å². The molecular formula is C28H39N3O3. The van der Waals surface area contributed by atoms with Gasteiger partial charge in [0.15, 0.2) is 0 Å². The first kappa shape index (κ1) is 25.8. The van der Waals surface area contributed by atoms with Crippen LogP contribution in [0.4, 0.5) is 4.79 Å². The van der Waals surface area contributed by atoms with Crippen molar-refractivity contribution in [3.05, 3.63) is 71.8 Å². The third kappa shape index (κ3) is 8.82. The summed E-state index contributed by atoms with van der Waals surface area (Å²) in [7, 11) is 0. The fraction of sp³-hybridized carbons (Fsp3) is 0.500. The second-order valence-electron chi connectivity index (χ2n) is 9.99. The summed E-state index contributed by atoms with van der Waals surface area (Å²) >= 11 is 0. The number of unbranched alkanes of at least 4 members (excludes halogenated alkanes) is 1. The Morgan fingerprint density at radius 1 is 0.794 bits per heavy atom. The first-order chi connectivity index (χ1) is 16.3. The van der Waals surface area contributed by atoms with Crippen LogP contribution in [0.5, 0.6) is 0 Å². The number of amides is 2. The van der Waals surface area contributed by atoms with Gasteiger partial charge in [-0.25, -0.2) is 4.79 Å². The third-order valence-electron chi connectivity index (χ3n) is 5.90. The number of piperazine rings is 1. The van der Waals surface area contributed by atoms with Crippen LogP contribution in [0.2, 0.25) is 0 Å². The lowest BCUT2D eigenvalue weighted by Gasteiger charge is -2.35. The van der Waals surface area contributed by atoms with Gasteiger partial charge in [0.05, 0.1) is 0 Å². The van der Waals surface area contributed by atoms with E-state index in [0.29, 0.717) is 32.6 Å². The highest BCUT2D eigenvalue weighted by Gasteiger charge is 2.27. The molecule has 0 aromatic heterocycles. The molecule has 6 heteroatoms. The molecule has 0 aliphatic carbocycles. The van der Waals surface area contributed by atoms with Crippen LogP contribution >= 0.6 is 0 Å². The minimum Gasteiger partial charge on any atom is -0.444 e. The fourth-order valence-corrected chi connectivity index (χ4v) is 4.13. The summed E-state index contributed by atoms with van der Waals surface area (Å²) in [4.78, 5) is 31.0. The summed E-state index contributed by atoms with van der Waals surface area (Å²) in [5, 5.41) is 0. The Morgan fingerprint density at radius 3 is 1.79 bits per heavy atom. The van der Waals surface area contributed by atoms with E-state index in [1.54, 1.807) is 4.90 Å². The van der Waals surface area contributed by atoms with Crippen LogP contribution in [-0.2, 0) is 22.6 Å². The maximum Gasteiger partial charge on any atom is 0.410 e. The Kier molecular flexibility index (Phi) is 9.52. The lowest BCUT2D eigenvalue weighted by atomic mass is 10.1. The molecule has 0 unspecified atom stereocenters. The van der Waals surface area contributed by atoms with Crippen molar-refractivity contribution in [2.75, 3.05) is 32.7 Å². The van der Waals surface area contributed by atoms with E-state index < -0.39 is 5.60 Å². The summed E-state index contributed by atoms with van der Waals surface area (Å²) < 4.78 is 5.44. The molecule has 184 valence electrons.